The molecule has 5 rings (SSSR count). The van der Waals surface area contributed by atoms with Crippen molar-refractivity contribution < 1.29 is 22.3 Å². The first-order chi connectivity index (χ1) is 18.9. The Hall–Kier alpha value is -3.83. The van der Waals surface area contributed by atoms with Gasteiger partial charge < -0.3 is 24.3 Å². The topological polar surface area (TPSA) is 112 Å². The third-order valence-electron chi connectivity index (χ3n) is 5.80. The third-order valence-corrected chi connectivity index (χ3v) is 6.64. The second kappa shape index (κ2) is 12.4. The van der Waals surface area contributed by atoms with E-state index >= 15 is 0 Å². The van der Waals surface area contributed by atoms with Crippen LogP contribution in [0.1, 0.15) is 11.3 Å². The normalized spacial score (nSPS) is 12.0. The summed E-state index contributed by atoms with van der Waals surface area (Å²) in [6.07, 6.45) is 1.48. The average Bonchev–Trinajstić information content (AvgIpc) is 3.40. The largest absolute Gasteiger partial charge is 0.772 e. The van der Waals surface area contributed by atoms with Crippen LogP contribution in [0, 0.1) is 5.82 Å². The molecule has 0 saturated carbocycles. The first-order valence-corrected chi connectivity index (χ1v) is 13.6. The van der Waals surface area contributed by atoms with Crippen molar-refractivity contribution in [3.05, 3.63) is 101 Å². The lowest BCUT2D eigenvalue weighted by molar-refractivity contribution is 0.306. The van der Waals surface area contributed by atoms with Crippen molar-refractivity contribution in [1.29, 1.82) is 0 Å². The van der Waals surface area contributed by atoms with Gasteiger partial charge in [0.15, 0.2) is 0 Å². The lowest BCUT2D eigenvalue weighted by Crippen LogP contribution is -2.19. The summed E-state index contributed by atoms with van der Waals surface area (Å²) in [4.78, 5) is 8.78. The Balaban J connectivity index is 1.30. The monoisotopic (exact) mass is 565 g/mol. The van der Waals surface area contributed by atoms with Gasteiger partial charge in [-0.05, 0) is 66.2 Å². The van der Waals surface area contributed by atoms with Crippen LogP contribution in [0.25, 0.3) is 22.2 Å². The first kappa shape index (κ1) is 26.8. The zero-order valence-corrected chi connectivity index (χ0v) is 22.1. The smallest absolute Gasteiger partial charge is 0.141 e. The van der Waals surface area contributed by atoms with Gasteiger partial charge in [0.25, 0.3) is 0 Å². The van der Waals surface area contributed by atoms with Crippen LogP contribution >= 0.6 is 11.6 Å². The van der Waals surface area contributed by atoms with E-state index in [9.17, 15) is 13.2 Å². The van der Waals surface area contributed by atoms with Crippen LogP contribution in [0.4, 0.5) is 15.9 Å². The highest BCUT2D eigenvalue weighted by Crippen LogP contribution is 2.32. The molecule has 2 aromatic heterocycles. The van der Waals surface area contributed by atoms with Gasteiger partial charge in [-0.15, -0.1) is 0 Å². The molecular formula is C28H23ClFN4O4S-. The molecule has 5 aromatic rings. The number of anilines is 2. The number of rotatable bonds is 11. The molecule has 1 atom stereocenters. The lowest BCUT2D eigenvalue weighted by Gasteiger charge is -2.12. The molecule has 0 saturated heterocycles. The average molecular weight is 566 g/mol. The Kier molecular flexibility index (Phi) is 8.48. The van der Waals surface area contributed by atoms with Gasteiger partial charge in [-0.25, -0.2) is 14.4 Å². The van der Waals surface area contributed by atoms with E-state index in [2.05, 4.69) is 20.6 Å². The molecular weight excluding hydrogens is 543 g/mol. The SMILES string of the molecule is O=S([O-])CCNCc1ccc(-c2ccc3ncnc(Nc4ccc(OCc5cccc(F)c5)c(Cl)c4)c3c2)o1. The molecule has 2 N–H and O–H groups in total. The van der Waals surface area contributed by atoms with E-state index in [0.717, 1.165) is 16.5 Å². The number of furan rings is 1. The molecule has 0 aliphatic carbocycles. The number of hydrogen-bond donors (Lipinski definition) is 2. The molecule has 200 valence electrons. The van der Waals surface area contributed by atoms with Gasteiger partial charge in [0.2, 0.25) is 0 Å². The van der Waals surface area contributed by atoms with Crippen LogP contribution in [0.2, 0.25) is 5.02 Å². The first-order valence-electron chi connectivity index (χ1n) is 12.0. The molecule has 39 heavy (non-hydrogen) atoms. The number of fused-ring (bicyclic) bond motifs is 1. The highest BCUT2D eigenvalue weighted by Gasteiger charge is 2.11. The lowest BCUT2D eigenvalue weighted by atomic mass is 10.1. The number of nitrogens with zero attached hydrogens (tertiary/aromatic N) is 2. The van der Waals surface area contributed by atoms with Gasteiger partial charge in [-0.3, -0.25) is 4.21 Å². The molecule has 0 spiro atoms. The minimum Gasteiger partial charge on any atom is -0.772 e. The molecule has 0 radical (unpaired) electrons. The Bertz CT molecular complexity index is 1630. The predicted molar refractivity (Wildman–Crippen MR) is 148 cm³/mol. The summed E-state index contributed by atoms with van der Waals surface area (Å²) >= 11 is 4.38. The van der Waals surface area contributed by atoms with Crippen molar-refractivity contribution in [2.45, 2.75) is 13.2 Å². The molecule has 0 amide bonds. The highest BCUT2D eigenvalue weighted by atomic mass is 35.5. The molecule has 8 nitrogen and oxygen atoms in total. The fourth-order valence-electron chi connectivity index (χ4n) is 3.92. The van der Waals surface area contributed by atoms with Gasteiger partial charge in [0.05, 0.1) is 17.1 Å². The van der Waals surface area contributed by atoms with Gasteiger partial charge in [0, 0.05) is 28.9 Å². The Morgan fingerprint density at radius 1 is 1.05 bits per heavy atom. The van der Waals surface area contributed by atoms with Crippen LogP contribution < -0.4 is 15.4 Å². The quantitative estimate of drug-likeness (QED) is 0.149. The number of nitrogens with one attached hydrogen (secondary N) is 2. The molecule has 0 aliphatic heterocycles. The van der Waals surface area contributed by atoms with Crippen LogP contribution in [0.5, 0.6) is 5.75 Å². The third kappa shape index (κ3) is 6.98. The molecule has 3 aromatic carbocycles. The van der Waals surface area contributed by atoms with E-state index in [0.29, 0.717) is 52.5 Å². The van der Waals surface area contributed by atoms with Crippen molar-refractivity contribution in [2.24, 2.45) is 0 Å². The molecule has 0 bridgehead atoms. The van der Waals surface area contributed by atoms with Crippen molar-refractivity contribution in [1.82, 2.24) is 15.3 Å². The van der Waals surface area contributed by atoms with Gasteiger partial charge in [-0.2, -0.15) is 0 Å². The number of ether oxygens (including phenoxy) is 1. The minimum absolute atomic E-state index is 0.0455. The fourth-order valence-corrected chi connectivity index (χ4v) is 4.47. The van der Waals surface area contributed by atoms with Crippen molar-refractivity contribution >= 4 is 45.1 Å². The zero-order valence-electron chi connectivity index (χ0n) is 20.5. The van der Waals surface area contributed by atoms with E-state index in [-0.39, 0.29) is 18.2 Å². The summed E-state index contributed by atoms with van der Waals surface area (Å²) in [5, 5.41) is 7.51. The van der Waals surface area contributed by atoms with Crippen LogP contribution in [-0.2, 0) is 24.2 Å². The highest BCUT2D eigenvalue weighted by molar-refractivity contribution is 7.79. The maximum atomic E-state index is 13.4. The van der Waals surface area contributed by atoms with E-state index in [1.807, 2.05) is 36.4 Å². The number of benzene rings is 3. The molecule has 2 heterocycles. The summed E-state index contributed by atoms with van der Waals surface area (Å²) in [5.74, 6) is 2.15. The number of halogens is 2. The fraction of sp³-hybridized carbons (Fsp3) is 0.143. The molecule has 1 unspecified atom stereocenters. The standard InChI is InChI=1S/C28H24ClFN4O4S/c29-24-14-21(5-8-27(24)37-16-18-2-1-3-20(30)12-18)34-28-23-13-19(4-7-25(23)32-17-33-28)26-9-6-22(38-26)15-31-10-11-39(35)36/h1-9,12-14,17,31H,10-11,15-16H2,(H,35,36)(H,32,33,34)/p-1. The maximum absolute atomic E-state index is 13.4. The Labute approximate surface area is 231 Å². The second-order valence-electron chi connectivity index (χ2n) is 8.59. The Morgan fingerprint density at radius 3 is 2.77 bits per heavy atom. The molecule has 11 heteroatoms. The van der Waals surface area contributed by atoms with Crippen molar-refractivity contribution in [3.8, 4) is 17.1 Å². The van der Waals surface area contributed by atoms with Gasteiger partial charge >= 0.3 is 0 Å². The van der Waals surface area contributed by atoms with E-state index in [1.165, 1.54) is 18.5 Å². The summed E-state index contributed by atoms with van der Waals surface area (Å²) in [6.45, 7) is 0.956. The molecule has 0 fully saturated rings. The van der Waals surface area contributed by atoms with Crippen LogP contribution in [-0.4, -0.2) is 31.0 Å². The molecule has 0 aliphatic rings. The van der Waals surface area contributed by atoms with Crippen LogP contribution in [0.3, 0.4) is 0 Å². The van der Waals surface area contributed by atoms with Gasteiger partial charge in [-0.1, -0.05) is 34.8 Å². The minimum atomic E-state index is -2.08. The zero-order chi connectivity index (χ0) is 27.2. The van der Waals surface area contributed by atoms with E-state index in [1.54, 1.807) is 24.3 Å². The maximum Gasteiger partial charge on any atom is 0.141 e. The Morgan fingerprint density at radius 2 is 1.95 bits per heavy atom. The predicted octanol–water partition coefficient (Wildman–Crippen LogP) is 5.97. The number of aromatic nitrogens is 2. The van der Waals surface area contributed by atoms with E-state index < -0.39 is 11.1 Å². The summed E-state index contributed by atoms with van der Waals surface area (Å²) < 4.78 is 46.5. The summed E-state index contributed by atoms with van der Waals surface area (Å²) in [5.41, 5.74) is 2.99. The summed E-state index contributed by atoms with van der Waals surface area (Å²) in [7, 11) is 0. The van der Waals surface area contributed by atoms with E-state index in [4.69, 9.17) is 20.8 Å². The van der Waals surface area contributed by atoms with Crippen molar-refractivity contribution in [2.75, 3.05) is 17.6 Å². The van der Waals surface area contributed by atoms with Crippen molar-refractivity contribution in [3.63, 3.8) is 0 Å². The number of hydrogen-bond acceptors (Lipinski definition) is 8. The van der Waals surface area contributed by atoms with Crippen LogP contribution in [0.15, 0.2) is 83.5 Å². The van der Waals surface area contributed by atoms with Gasteiger partial charge in [0.1, 0.15) is 41.8 Å². The second-order valence-corrected chi connectivity index (χ2v) is 10.0. The summed E-state index contributed by atoms with van der Waals surface area (Å²) in [6, 6.07) is 21.0.